The molecule has 0 aromatic carbocycles. The lowest BCUT2D eigenvalue weighted by atomic mass is 10.1. The molecule has 0 amide bonds. The summed E-state index contributed by atoms with van der Waals surface area (Å²) in [6.45, 7) is 7.43. The summed E-state index contributed by atoms with van der Waals surface area (Å²) in [7, 11) is 0. The molecule has 150 valence electrons. The Morgan fingerprint density at radius 2 is 2.07 bits per heavy atom. The molecule has 1 fully saturated rings. The summed E-state index contributed by atoms with van der Waals surface area (Å²) >= 11 is 1.83. The molecule has 0 bridgehead atoms. The first-order chi connectivity index (χ1) is 14.3. The topological polar surface area (TPSA) is 68.4 Å². The minimum atomic E-state index is 0.514. The van der Waals surface area contributed by atoms with Gasteiger partial charge in [0.2, 0.25) is 0 Å². The van der Waals surface area contributed by atoms with Crippen molar-refractivity contribution in [2.75, 3.05) is 32.8 Å². The molecule has 0 radical (unpaired) electrons. The number of rotatable bonds is 5. The van der Waals surface area contributed by atoms with E-state index in [1.54, 1.807) is 0 Å². The molecule has 0 unspecified atom stereocenters. The maximum absolute atomic E-state index is 5.45. The fourth-order valence-electron chi connectivity index (χ4n) is 3.92. The minimum Gasteiger partial charge on any atom is -0.379 e. The molecular formula is C21H24N6OS. The van der Waals surface area contributed by atoms with Crippen LogP contribution in [0.5, 0.6) is 0 Å². The zero-order valence-electron chi connectivity index (χ0n) is 16.5. The first kappa shape index (κ1) is 18.6. The van der Waals surface area contributed by atoms with Gasteiger partial charge in [-0.05, 0) is 44.5 Å². The molecule has 0 atom stereocenters. The van der Waals surface area contributed by atoms with Crippen molar-refractivity contribution in [3.63, 3.8) is 0 Å². The van der Waals surface area contributed by atoms with Crippen molar-refractivity contribution in [2.24, 2.45) is 4.99 Å². The van der Waals surface area contributed by atoms with Gasteiger partial charge in [-0.1, -0.05) is 6.07 Å². The van der Waals surface area contributed by atoms with Crippen LogP contribution in [0.3, 0.4) is 0 Å². The molecule has 29 heavy (non-hydrogen) atoms. The number of ether oxygens (including phenoxy) is 1. The zero-order valence-corrected chi connectivity index (χ0v) is 17.4. The van der Waals surface area contributed by atoms with Crippen molar-refractivity contribution in [2.45, 2.75) is 26.3 Å². The molecule has 0 saturated carbocycles. The number of aryl methyl sites for hydroxylation is 2. The second kappa shape index (κ2) is 8.14. The fourth-order valence-corrected chi connectivity index (χ4v) is 5.19. The van der Waals surface area contributed by atoms with Crippen LogP contribution in [0.4, 0.5) is 0 Å². The van der Waals surface area contributed by atoms with E-state index < -0.39 is 0 Å². The van der Waals surface area contributed by atoms with Crippen LogP contribution in [0, 0.1) is 6.92 Å². The Balaban J connectivity index is 1.44. The van der Waals surface area contributed by atoms with Gasteiger partial charge in [-0.3, -0.25) is 19.4 Å². The lowest BCUT2D eigenvalue weighted by Crippen LogP contribution is -2.36. The van der Waals surface area contributed by atoms with E-state index in [1.165, 1.54) is 4.88 Å². The van der Waals surface area contributed by atoms with Crippen LogP contribution in [0.15, 0.2) is 35.5 Å². The van der Waals surface area contributed by atoms with E-state index >= 15 is 0 Å². The Bertz CT molecular complexity index is 1020. The summed E-state index contributed by atoms with van der Waals surface area (Å²) in [6.07, 6.45) is 4.02. The number of aliphatic imine (C=N–C) groups is 1. The molecule has 5 rings (SSSR count). The standard InChI is InChI=1S/C21H24N6OS/c1-15-24-25-19-14-23-20(18-6-2-3-7-22-18)17-13-16(29-21(17)27(15)19)5-4-8-26-9-11-28-12-10-26/h2-3,6-7,13H,4-5,8-12,14H2,1H3. The van der Waals surface area contributed by atoms with E-state index in [2.05, 4.69) is 30.7 Å². The second-order valence-corrected chi connectivity index (χ2v) is 8.48. The molecule has 0 aliphatic carbocycles. The molecule has 5 heterocycles. The van der Waals surface area contributed by atoms with E-state index in [-0.39, 0.29) is 0 Å². The van der Waals surface area contributed by atoms with Crippen molar-refractivity contribution in [1.82, 2.24) is 24.6 Å². The van der Waals surface area contributed by atoms with E-state index in [9.17, 15) is 0 Å². The van der Waals surface area contributed by atoms with Gasteiger partial charge in [0.05, 0.1) is 24.6 Å². The minimum absolute atomic E-state index is 0.514. The molecular weight excluding hydrogens is 384 g/mol. The van der Waals surface area contributed by atoms with Crippen LogP contribution >= 0.6 is 11.3 Å². The van der Waals surface area contributed by atoms with E-state index in [0.717, 1.165) is 79.3 Å². The molecule has 2 aliphatic heterocycles. The molecule has 8 heteroatoms. The van der Waals surface area contributed by atoms with Crippen LogP contribution in [0.1, 0.15) is 34.2 Å². The van der Waals surface area contributed by atoms with Gasteiger partial charge in [0, 0.05) is 29.7 Å². The van der Waals surface area contributed by atoms with Gasteiger partial charge >= 0.3 is 0 Å². The highest BCUT2D eigenvalue weighted by molar-refractivity contribution is 7.15. The number of pyridine rings is 1. The van der Waals surface area contributed by atoms with Gasteiger partial charge in [-0.25, -0.2) is 0 Å². The van der Waals surface area contributed by atoms with Gasteiger partial charge in [-0.2, -0.15) is 0 Å². The number of hydrogen-bond acceptors (Lipinski definition) is 7. The molecule has 1 saturated heterocycles. The third-order valence-corrected chi connectivity index (χ3v) is 6.58. The van der Waals surface area contributed by atoms with Gasteiger partial charge in [0.1, 0.15) is 17.4 Å². The molecule has 3 aromatic rings. The Kier molecular flexibility index (Phi) is 5.22. The number of morpholine rings is 1. The number of nitrogens with zero attached hydrogens (tertiary/aromatic N) is 6. The Labute approximate surface area is 174 Å². The Morgan fingerprint density at radius 3 is 2.90 bits per heavy atom. The predicted octanol–water partition coefficient (Wildman–Crippen LogP) is 2.65. The van der Waals surface area contributed by atoms with Crippen molar-refractivity contribution in [3.05, 3.63) is 58.2 Å². The van der Waals surface area contributed by atoms with Crippen molar-refractivity contribution in [3.8, 4) is 5.00 Å². The normalized spacial score (nSPS) is 16.8. The summed E-state index contributed by atoms with van der Waals surface area (Å²) in [6, 6.07) is 8.26. The molecule has 2 aliphatic rings. The number of thiophene rings is 1. The lowest BCUT2D eigenvalue weighted by Gasteiger charge is -2.26. The monoisotopic (exact) mass is 408 g/mol. The van der Waals surface area contributed by atoms with Gasteiger partial charge < -0.3 is 4.74 Å². The molecule has 7 nitrogen and oxygen atoms in total. The largest absolute Gasteiger partial charge is 0.379 e. The number of aromatic nitrogens is 4. The van der Waals surface area contributed by atoms with E-state index in [1.807, 2.05) is 42.7 Å². The van der Waals surface area contributed by atoms with Crippen LogP contribution in [-0.2, 0) is 17.7 Å². The van der Waals surface area contributed by atoms with Crippen LogP contribution < -0.4 is 0 Å². The highest BCUT2D eigenvalue weighted by Crippen LogP contribution is 2.33. The summed E-state index contributed by atoms with van der Waals surface area (Å²) in [4.78, 5) is 13.3. The van der Waals surface area contributed by atoms with E-state index in [4.69, 9.17) is 9.73 Å². The lowest BCUT2D eigenvalue weighted by molar-refractivity contribution is 0.0375. The maximum Gasteiger partial charge on any atom is 0.160 e. The SMILES string of the molecule is Cc1nnc2n1-c1sc(CCCN3CCOCC3)cc1C(c1ccccn1)=NC2. The van der Waals surface area contributed by atoms with Crippen molar-refractivity contribution >= 4 is 17.0 Å². The Morgan fingerprint density at radius 1 is 1.17 bits per heavy atom. The second-order valence-electron chi connectivity index (χ2n) is 7.37. The third kappa shape index (κ3) is 3.75. The van der Waals surface area contributed by atoms with Gasteiger partial charge in [-0.15, -0.1) is 21.5 Å². The van der Waals surface area contributed by atoms with Gasteiger partial charge in [0.15, 0.2) is 5.82 Å². The van der Waals surface area contributed by atoms with Crippen molar-refractivity contribution < 1.29 is 4.74 Å². The maximum atomic E-state index is 5.45. The van der Waals surface area contributed by atoms with Crippen molar-refractivity contribution in [1.29, 1.82) is 0 Å². The number of hydrogen-bond donors (Lipinski definition) is 0. The summed E-state index contributed by atoms with van der Waals surface area (Å²) in [5, 5.41) is 9.79. The van der Waals surface area contributed by atoms with Crippen LogP contribution in [-0.4, -0.2) is 63.2 Å². The molecule has 3 aromatic heterocycles. The average molecular weight is 409 g/mol. The zero-order chi connectivity index (χ0) is 19.6. The smallest absolute Gasteiger partial charge is 0.160 e. The highest BCUT2D eigenvalue weighted by Gasteiger charge is 2.25. The average Bonchev–Trinajstić information content (AvgIpc) is 3.29. The predicted molar refractivity (Wildman–Crippen MR) is 113 cm³/mol. The van der Waals surface area contributed by atoms with Crippen LogP contribution in [0.25, 0.3) is 5.00 Å². The molecule has 0 N–H and O–H groups in total. The van der Waals surface area contributed by atoms with Gasteiger partial charge in [0.25, 0.3) is 0 Å². The summed E-state index contributed by atoms with van der Waals surface area (Å²) in [5.74, 6) is 1.79. The highest BCUT2D eigenvalue weighted by atomic mass is 32.1. The summed E-state index contributed by atoms with van der Waals surface area (Å²) < 4.78 is 7.61. The Hall–Kier alpha value is -2.42. The summed E-state index contributed by atoms with van der Waals surface area (Å²) in [5.41, 5.74) is 2.99. The fraction of sp³-hybridized carbons (Fsp3) is 0.429. The first-order valence-corrected chi connectivity index (χ1v) is 10.9. The van der Waals surface area contributed by atoms with E-state index in [0.29, 0.717) is 6.54 Å². The molecule has 0 spiro atoms. The quantitative estimate of drug-likeness (QED) is 0.649. The number of fused-ring (bicyclic) bond motifs is 3. The first-order valence-electron chi connectivity index (χ1n) is 10.1. The van der Waals surface area contributed by atoms with Crippen LogP contribution in [0.2, 0.25) is 0 Å². The third-order valence-electron chi connectivity index (χ3n) is 5.40.